The molecule has 4 aliphatic rings. The number of pyridine rings is 1. The van der Waals surface area contributed by atoms with Crippen LogP contribution in [0.5, 0.6) is 11.6 Å². The number of methoxy groups -OCH3 is 1. The predicted octanol–water partition coefficient (Wildman–Crippen LogP) is 5.79. The summed E-state index contributed by atoms with van der Waals surface area (Å²) in [6, 6.07) is 0.744. The molecule has 324 valence electrons. The summed E-state index contributed by atoms with van der Waals surface area (Å²) in [7, 11) is -2.70. The van der Waals surface area contributed by atoms with E-state index in [1.54, 1.807) is 13.0 Å². The molecule has 6 rings (SSSR count). The van der Waals surface area contributed by atoms with Crippen LogP contribution in [-0.4, -0.2) is 106 Å². The van der Waals surface area contributed by atoms with Gasteiger partial charge in [0.25, 0.3) is 11.8 Å². The molecule has 2 aliphatic carbocycles. The normalized spacial score (nSPS) is 28.7. The van der Waals surface area contributed by atoms with Crippen LogP contribution in [-0.2, 0) is 24.4 Å². The van der Waals surface area contributed by atoms with Gasteiger partial charge in [0.15, 0.2) is 0 Å². The fourth-order valence-corrected chi connectivity index (χ4v) is 9.74. The van der Waals surface area contributed by atoms with Gasteiger partial charge in [-0.15, -0.1) is 0 Å². The number of rotatable bonds is 10. The van der Waals surface area contributed by atoms with E-state index in [1.165, 1.54) is 38.4 Å². The summed E-state index contributed by atoms with van der Waals surface area (Å²) < 4.78 is 84.7. The molecule has 0 bridgehead atoms. The molecule has 2 aliphatic heterocycles. The number of fused-ring (bicyclic) bond motifs is 3. The molecule has 2 saturated carbocycles. The number of amides is 4. The van der Waals surface area contributed by atoms with Crippen LogP contribution in [0, 0.1) is 23.6 Å². The van der Waals surface area contributed by atoms with E-state index in [2.05, 4.69) is 15.0 Å². The standard InChI is InChI=1S/C41H54F3N5O9S/c1-8-24-17-23(2)11-9-10-12-25-20-41(25,36(52)47-59(55,56)39(5)15-16-39)46-33(50)30-19-27(58-34-29-18-26(42)13-14-28(29)31(57-7)21-45-34)22-48(30)35(51)32(24)49(37(53)54)38(3,4)40(6,43)44/h10,12-14,18,21,23-25,27,30,32H,8-9,11,15-17,19-20,22H2,1-7H3,(H,46,50)(H,47,52)(H,53,54)/t23-,24-,25-,27-,30+,32+,41-/m1/s1. The number of carboxylic acid groups (broad SMARTS) is 1. The Morgan fingerprint density at radius 3 is 2.46 bits per heavy atom. The molecule has 3 heterocycles. The van der Waals surface area contributed by atoms with Crippen LogP contribution in [0.4, 0.5) is 18.0 Å². The van der Waals surface area contributed by atoms with Gasteiger partial charge < -0.3 is 24.8 Å². The summed E-state index contributed by atoms with van der Waals surface area (Å²) >= 11 is 0. The van der Waals surface area contributed by atoms with E-state index < -0.39 is 91.4 Å². The molecule has 59 heavy (non-hydrogen) atoms. The fourth-order valence-electron chi connectivity index (χ4n) is 8.42. The number of nitrogens with zero attached hydrogens (tertiary/aromatic N) is 3. The molecule has 0 unspecified atom stereocenters. The molecule has 1 saturated heterocycles. The first kappa shape index (κ1) is 44.0. The van der Waals surface area contributed by atoms with Gasteiger partial charge >= 0.3 is 6.09 Å². The number of aromatic nitrogens is 1. The van der Waals surface area contributed by atoms with E-state index in [1.807, 2.05) is 13.0 Å². The van der Waals surface area contributed by atoms with Crippen molar-refractivity contribution in [3.05, 3.63) is 42.4 Å². The van der Waals surface area contributed by atoms with Crippen LogP contribution in [0.25, 0.3) is 10.8 Å². The zero-order valence-corrected chi connectivity index (χ0v) is 35.2. The highest BCUT2D eigenvalue weighted by molar-refractivity contribution is 7.91. The number of halogens is 3. The van der Waals surface area contributed by atoms with Gasteiger partial charge in [0.1, 0.15) is 40.8 Å². The van der Waals surface area contributed by atoms with Crippen molar-refractivity contribution in [2.24, 2.45) is 17.8 Å². The average molecular weight is 850 g/mol. The Morgan fingerprint density at radius 2 is 1.85 bits per heavy atom. The minimum atomic E-state index is -4.12. The highest BCUT2D eigenvalue weighted by atomic mass is 32.2. The SMILES string of the molecule is CC[C@@H]1C[C@H](C)CCC=C[C@@H]2C[C@@]2(C(=O)NS(=O)(=O)C2(C)CC2)NC(=O)[C@@H]2C[C@@H](Oc3ncc(OC)c4ccc(F)cc34)CN2C(=O)[C@H]1N(C(=O)O)C(C)(C)C(C)(F)F. The lowest BCUT2D eigenvalue weighted by molar-refractivity contribution is -0.157. The van der Waals surface area contributed by atoms with Gasteiger partial charge in [-0.1, -0.05) is 32.4 Å². The predicted molar refractivity (Wildman–Crippen MR) is 211 cm³/mol. The smallest absolute Gasteiger partial charge is 0.408 e. The summed E-state index contributed by atoms with van der Waals surface area (Å²) in [5.41, 5.74) is -4.11. The van der Waals surface area contributed by atoms with E-state index in [9.17, 15) is 32.3 Å². The highest BCUT2D eigenvalue weighted by Crippen LogP contribution is 2.48. The van der Waals surface area contributed by atoms with Crippen molar-refractivity contribution in [3.8, 4) is 11.6 Å². The van der Waals surface area contributed by atoms with Gasteiger partial charge in [-0.25, -0.2) is 31.4 Å². The molecular weight excluding hydrogens is 796 g/mol. The summed E-state index contributed by atoms with van der Waals surface area (Å²) in [5.74, 6) is -8.17. The van der Waals surface area contributed by atoms with Gasteiger partial charge in [-0.3, -0.25) is 24.0 Å². The number of nitrogens with one attached hydrogen (secondary N) is 2. The molecule has 3 N–H and O–H groups in total. The molecule has 1 aromatic carbocycles. The summed E-state index contributed by atoms with van der Waals surface area (Å²) in [4.78, 5) is 63.0. The van der Waals surface area contributed by atoms with E-state index in [-0.39, 0.29) is 49.4 Å². The summed E-state index contributed by atoms with van der Waals surface area (Å²) in [6.45, 7) is 7.52. The third-order valence-electron chi connectivity index (χ3n) is 13.0. The molecule has 14 nitrogen and oxygen atoms in total. The Bertz CT molecular complexity index is 2140. The first-order valence-electron chi connectivity index (χ1n) is 20.0. The lowest BCUT2D eigenvalue weighted by atomic mass is 9.81. The van der Waals surface area contributed by atoms with E-state index in [4.69, 9.17) is 9.47 Å². The minimum absolute atomic E-state index is 0.0568. The lowest BCUT2D eigenvalue weighted by Crippen LogP contribution is -2.67. The van der Waals surface area contributed by atoms with Crippen LogP contribution < -0.4 is 19.5 Å². The number of benzene rings is 1. The van der Waals surface area contributed by atoms with Crippen molar-refractivity contribution in [1.82, 2.24) is 24.8 Å². The number of allylic oxidation sites excluding steroid dienone is 1. The maximum atomic E-state index is 15.5. The van der Waals surface area contributed by atoms with Crippen molar-refractivity contribution < 1.29 is 55.3 Å². The average Bonchev–Trinajstić information content (AvgIpc) is 4.03. The van der Waals surface area contributed by atoms with Gasteiger partial charge in [0, 0.05) is 24.6 Å². The quantitative estimate of drug-likeness (QED) is 0.248. The number of sulfonamides is 1. The largest absolute Gasteiger partial charge is 0.494 e. The number of hydrogen-bond donors (Lipinski definition) is 3. The van der Waals surface area contributed by atoms with Crippen LogP contribution in [0.1, 0.15) is 92.9 Å². The Hall–Kier alpha value is -4.61. The van der Waals surface area contributed by atoms with E-state index >= 15 is 13.6 Å². The Balaban J connectivity index is 1.45. The number of carbonyl (C=O) groups excluding carboxylic acids is 3. The third-order valence-corrected chi connectivity index (χ3v) is 15.2. The molecule has 1 aromatic heterocycles. The van der Waals surface area contributed by atoms with Crippen molar-refractivity contribution >= 4 is 44.6 Å². The maximum absolute atomic E-state index is 15.5. The molecule has 0 spiro atoms. The molecule has 3 fully saturated rings. The van der Waals surface area contributed by atoms with Gasteiger partial charge in [-0.05, 0) is 89.3 Å². The van der Waals surface area contributed by atoms with Crippen LogP contribution in [0.3, 0.4) is 0 Å². The molecule has 7 atom stereocenters. The van der Waals surface area contributed by atoms with Gasteiger partial charge in [0.2, 0.25) is 27.7 Å². The lowest BCUT2D eigenvalue weighted by Gasteiger charge is -2.47. The Kier molecular flexibility index (Phi) is 11.8. The zero-order valence-electron chi connectivity index (χ0n) is 34.4. The molecule has 18 heteroatoms. The summed E-state index contributed by atoms with van der Waals surface area (Å²) in [5, 5.41) is 14.1. The zero-order chi connectivity index (χ0) is 43.5. The molecular formula is C41H54F3N5O9S. The van der Waals surface area contributed by atoms with Crippen LogP contribution >= 0.6 is 0 Å². The van der Waals surface area contributed by atoms with E-state index in [0.29, 0.717) is 48.6 Å². The Labute approximate surface area is 342 Å². The molecule has 0 radical (unpaired) electrons. The Morgan fingerprint density at radius 1 is 1.15 bits per heavy atom. The number of alkyl halides is 2. The first-order valence-corrected chi connectivity index (χ1v) is 21.5. The van der Waals surface area contributed by atoms with Gasteiger partial charge in [-0.2, -0.15) is 0 Å². The van der Waals surface area contributed by atoms with E-state index in [0.717, 1.165) is 18.7 Å². The topological polar surface area (TPSA) is 185 Å². The highest BCUT2D eigenvalue weighted by Gasteiger charge is 2.63. The van der Waals surface area contributed by atoms with Crippen molar-refractivity contribution in [3.63, 3.8) is 0 Å². The fraction of sp³-hybridized carbons (Fsp3) is 0.634. The number of carbonyl (C=O) groups is 4. The monoisotopic (exact) mass is 849 g/mol. The molecule has 2 aromatic rings. The third kappa shape index (κ3) is 8.29. The number of hydrogen-bond acceptors (Lipinski definition) is 9. The number of ether oxygens (including phenoxy) is 2. The second-order valence-electron chi connectivity index (χ2n) is 17.5. The second-order valence-corrected chi connectivity index (χ2v) is 19.7. The second kappa shape index (κ2) is 15.8. The van der Waals surface area contributed by atoms with Crippen LogP contribution in [0.2, 0.25) is 0 Å². The van der Waals surface area contributed by atoms with Crippen LogP contribution in [0.15, 0.2) is 36.5 Å². The molecule has 4 amide bonds. The van der Waals surface area contributed by atoms with Crippen molar-refractivity contribution in [2.75, 3.05) is 13.7 Å². The van der Waals surface area contributed by atoms with Gasteiger partial charge in [0.05, 0.1) is 30.0 Å². The maximum Gasteiger partial charge on any atom is 0.408 e. The first-order chi connectivity index (χ1) is 27.5. The van der Waals surface area contributed by atoms with Crippen molar-refractivity contribution in [1.29, 1.82) is 0 Å². The van der Waals surface area contributed by atoms with Crippen molar-refractivity contribution in [2.45, 2.75) is 133 Å². The minimum Gasteiger partial charge on any atom is -0.494 e. The summed E-state index contributed by atoms with van der Waals surface area (Å²) in [6.07, 6.45) is 4.28.